The van der Waals surface area contributed by atoms with E-state index in [0.717, 1.165) is 44.1 Å². The number of hydrogen-bond donors (Lipinski definition) is 1. The summed E-state index contributed by atoms with van der Waals surface area (Å²) in [5.41, 5.74) is -0.115. The minimum atomic E-state index is -0.970. The van der Waals surface area contributed by atoms with Crippen LogP contribution in [0.1, 0.15) is 130 Å². The van der Waals surface area contributed by atoms with Crippen molar-refractivity contribution in [1.82, 2.24) is 10.2 Å². The van der Waals surface area contributed by atoms with Gasteiger partial charge in [-0.1, -0.05) is 89.2 Å². The molecule has 5 rings (SSSR count). The molecule has 1 N–H and O–H groups in total. The summed E-state index contributed by atoms with van der Waals surface area (Å²) in [7, 11) is 0. The average Bonchev–Trinajstić information content (AvgIpc) is 3.63. The number of nitrogens with zero attached hydrogens (tertiary/aromatic N) is 2. The Balaban J connectivity index is 1.39. The van der Waals surface area contributed by atoms with E-state index >= 15 is 0 Å². The Hall–Kier alpha value is -3.07. The summed E-state index contributed by atoms with van der Waals surface area (Å²) < 4.78 is 0. The Morgan fingerprint density at radius 3 is 2.45 bits per heavy atom. The average molecular weight is 696 g/mol. The predicted molar refractivity (Wildman–Crippen MR) is 189 cm³/mol. The zero-order chi connectivity index (χ0) is 35.6. The molecule has 1 spiro atoms. The van der Waals surface area contributed by atoms with Gasteiger partial charge in [-0.25, -0.2) is 0 Å². The van der Waals surface area contributed by atoms with Crippen molar-refractivity contribution in [3.05, 3.63) is 34.9 Å². The number of carbonyl (C=O) groups is 5. The summed E-state index contributed by atoms with van der Waals surface area (Å²) in [5, 5.41) is 7.83. The molecule has 10 heteroatoms. The number of hydrogen-bond acceptors (Lipinski definition) is 7. The maximum absolute atomic E-state index is 14.7. The summed E-state index contributed by atoms with van der Waals surface area (Å²) in [6.07, 6.45) is 9.51. The van der Waals surface area contributed by atoms with Gasteiger partial charge in [0, 0.05) is 48.6 Å². The van der Waals surface area contributed by atoms with Crippen molar-refractivity contribution in [3.63, 3.8) is 0 Å². The molecule has 2 heterocycles. The quantitative estimate of drug-likeness (QED) is 0.209. The van der Waals surface area contributed by atoms with Gasteiger partial charge in [-0.15, -0.1) is 0 Å². The number of Topliss-reactive ketones (excluding diaryl/α,β-unsaturated/α-hetero) is 3. The van der Waals surface area contributed by atoms with Crippen LogP contribution in [0.2, 0.25) is 5.02 Å². The topological polar surface area (TPSA) is 122 Å². The van der Waals surface area contributed by atoms with Crippen LogP contribution < -0.4 is 5.32 Å². The fraction of sp³-hybridized carbons (Fsp3) is 0.692. The first-order valence-corrected chi connectivity index (χ1v) is 18.7. The molecular weight excluding hydrogens is 642 g/mol. The summed E-state index contributed by atoms with van der Waals surface area (Å²) in [6.45, 7) is 10.1. The van der Waals surface area contributed by atoms with Crippen LogP contribution in [0.5, 0.6) is 0 Å². The van der Waals surface area contributed by atoms with Gasteiger partial charge in [0.15, 0.2) is 5.60 Å². The molecule has 2 amide bonds. The molecule has 49 heavy (non-hydrogen) atoms. The molecule has 0 aromatic heterocycles. The molecule has 0 radical (unpaired) electrons. The van der Waals surface area contributed by atoms with Crippen molar-refractivity contribution < 1.29 is 28.8 Å². The van der Waals surface area contributed by atoms with Crippen molar-refractivity contribution in [2.45, 2.75) is 142 Å². The van der Waals surface area contributed by atoms with Crippen molar-refractivity contribution in [1.29, 1.82) is 0 Å². The molecular formula is C39H54ClN3O6. The van der Waals surface area contributed by atoms with Crippen molar-refractivity contribution in [2.24, 2.45) is 27.8 Å². The first-order chi connectivity index (χ1) is 23.1. The van der Waals surface area contributed by atoms with Crippen LogP contribution in [-0.2, 0) is 28.8 Å². The van der Waals surface area contributed by atoms with Crippen LogP contribution in [0.15, 0.2) is 29.4 Å². The van der Waals surface area contributed by atoms with E-state index in [0.29, 0.717) is 36.4 Å². The Morgan fingerprint density at radius 2 is 1.82 bits per heavy atom. The molecule has 0 unspecified atom stereocenters. The lowest BCUT2D eigenvalue weighted by atomic mass is 9.70. The summed E-state index contributed by atoms with van der Waals surface area (Å²) >= 11 is 6.27. The van der Waals surface area contributed by atoms with E-state index in [4.69, 9.17) is 16.4 Å². The smallest absolute Gasteiger partial charge is 0.243 e. The molecule has 2 aliphatic heterocycles. The minimum absolute atomic E-state index is 0.0511. The van der Waals surface area contributed by atoms with Crippen LogP contribution >= 0.6 is 11.6 Å². The number of likely N-dealkylation sites (tertiary alicyclic amines) is 1. The highest BCUT2D eigenvalue weighted by atomic mass is 35.5. The molecule has 2 aliphatic carbocycles. The zero-order valence-corrected chi connectivity index (χ0v) is 30.7. The Kier molecular flexibility index (Phi) is 11.4. The normalized spacial score (nSPS) is 24.6. The van der Waals surface area contributed by atoms with Crippen LogP contribution in [-0.4, -0.2) is 64.0 Å². The largest absolute Gasteiger partial charge is 0.387 e. The van der Waals surface area contributed by atoms with E-state index in [2.05, 4.69) is 17.4 Å². The third-order valence-corrected chi connectivity index (χ3v) is 11.3. The SMILES string of the molecule is CCC[C@H](NC(=O)[C@@H]1C[C@]2(CC(c3cccc(Cl)c3)=NO2)CN1C(=O)[C@@H](CC(=O)CC1(C)CCCCC1)C(C)(C)C)C(=O)C(=O)CC1CC1. The highest BCUT2D eigenvalue weighted by Gasteiger charge is 2.55. The lowest BCUT2D eigenvalue weighted by Crippen LogP contribution is -2.54. The van der Waals surface area contributed by atoms with E-state index in [9.17, 15) is 24.0 Å². The second kappa shape index (κ2) is 15.0. The van der Waals surface area contributed by atoms with E-state index in [-0.39, 0.29) is 48.8 Å². The van der Waals surface area contributed by atoms with Crippen LogP contribution in [0, 0.1) is 22.7 Å². The van der Waals surface area contributed by atoms with Crippen LogP contribution in [0.25, 0.3) is 0 Å². The molecule has 2 saturated carbocycles. The van der Waals surface area contributed by atoms with Gasteiger partial charge in [0.1, 0.15) is 11.8 Å². The van der Waals surface area contributed by atoms with E-state index in [1.54, 1.807) is 17.0 Å². The van der Waals surface area contributed by atoms with Crippen LogP contribution in [0.4, 0.5) is 0 Å². The lowest BCUT2D eigenvalue weighted by molar-refractivity contribution is -0.147. The van der Waals surface area contributed by atoms with Crippen molar-refractivity contribution >= 4 is 46.5 Å². The summed E-state index contributed by atoms with van der Waals surface area (Å²) in [5.74, 6) is -2.15. The highest BCUT2D eigenvalue weighted by Crippen LogP contribution is 2.43. The van der Waals surface area contributed by atoms with Crippen molar-refractivity contribution in [2.75, 3.05) is 6.54 Å². The Bertz CT molecular complexity index is 1470. The number of halogens is 1. The molecule has 1 aromatic rings. The maximum atomic E-state index is 14.7. The highest BCUT2D eigenvalue weighted by molar-refractivity contribution is 6.39. The van der Waals surface area contributed by atoms with Gasteiger partial charge >= 0.3 is 0 Å². The monoisotopic (exact) mass is 695 g/mol. The van der Waals surface area contributed by atoms with Gasteiger partial charge in [0.2, 0.25) is 23.4 Å². The Labute approximate surface area is 296 Å². The molecule has 1 aromatic carbocycles. The molecule has 4 aliphatic rings. The molecule has 1 saturated heterocycles. The number of benzene rings is 1. The fourth-order valence-corrected chi connectivity index (χ4v) is 8.17. The van der Waals surface area contributed by atoms with Gasteiger partial charge in [0.05, 0.1) is 18.3 Å². The second-order valence-corrected chi connectivity index (χ2v) is 17.1. The van der Waals surface area contributed by atoms with Crippen molar-refractivity contribution in [3.8, 4) is 0 Å². The van der Waals surface area contributed by atoms with E-state index in [1.165, 1.54) is 6.42 Å². The van der Waals surface area contributed by atoms with Gasteiger partial charge in [-0.05, 0) is 61.0 Å². The number of ketones is 3. The van der Waals surface area contributed by atoms with E-state index < -0.39 is 46.5 Å². The lowest BCUT2D eigenvalue weighted by Gasteiger charge is -2.37. The number of oxime groups is 1. The Morgan fingerprint density at radius 1 is 1.10 bits per heavy atom. The number of nitrogens with one attached hydrogen (secondary N) is 1. The summed E-state index contributed by atoms with van der Waals surface area (Å²) in [4.78, 5) is 76.3. The van der Waals surface area contributed by atoms with Gasteiger partial charge in [-0.3, -0.25) is 24.0 Å². The zero-order valence-electron chi connectivity index (χ0n) is 29.9. The number of rotatable bonds is 14. The standard InChI is InChI=1S/C39H54ClN3O6/c1-6-11-30(34(46)33(45)18-25-14-15-25)41-35(47)32-23-39(22-31(42-49-39)26-12-10-13-27(40)19-26)24-43(32)36(48)29(37(2,3)4)20-28(44)21-38(5)16-8-7-9-17-38/h10,12-13,19,25,29-30,32H,6-9,11,14-18,20-24H2,1-5H3,(H,41,47)/t29-,30+,32+,39-/m1/s1. The predicted octanol–water partition coefficient (Wildman–Crippen LogP) is 7.01. The summed E-state index contributed by atoms with van der Waals surface area (Å²) in [6, 6.07) is 5.38. The third-order valence-electron chi connectivity index (χ3n) is 11.1. The number of carbonyl (C=O) groups excluding carboxylic acids is 5. The van der Waals surface area contributed by atoms with Gasteiger partial charge in [0.25, 0.3) is 0 Å². The van der Waals surface area contributed by atoms with E-state index in [1.807, 2.05) is 39.8 Å². The van der Waals surface area contributed by atoms with Gasteiger partial charge < -0.3 is 15.1 Å². The second-order valence-electron chi connectivity index (χ2n) is 16.7. The minimum Gasteiger partial charge on any atom is -0.387 e. The molecule has 4 atom stereocenters. The third kappa shape index (κ3) is 9.19. The molecule has 9 nitrogen and oxygen atoms in total. The first kappa shape index (κ1) is 37.2. The van der Waals surface area contributed by atoms with Crippen LogP contribution in [0.3, 0.4) is 0 Å². The maximum Gasteiger partial charge on any atom is 0.243 e. The number of amides is 2. The molecule has 0 bridgehead atoms. The molecule has 3 fully saturated rings. The van der Waals surface area contributed by atoms with Gasteiger partial charge in [-0.2, -0.15) is 0 Å². The first-order valence-electron chi connectivity index (χ1n) is 18.3. The fourth-order valence-electron chi connectivity index (χ4n) is 7.98. The molecule has 268 valence electrons.